The molecule has 0 saturated carbocycles. The van der Waals surface area contributed by atoms with Crippen LogP contribution in [0.1, 0.15) is 12.0 Å². The zero-order valence-corrected chi connectivity index (χ0v) is 16.5. The van der Waals surface area contributed by atoms with E-state index in [2.05, 4.69) is 42.6 Å². The molecule has 5 aromatic rings. The van der Waals surface area contributed by atoms with Gasteiger partial charge in [0.1, 0.15) is 22.7 Å². The van der Waals surface area contributed by atoms with E-state index in [0.717, 1.165) is 36.0 Å². The molecule has 0 spiro atoms. The molecule has 1 aliphatic rings. The first-order valence-corrected chi connectivity index (χ1v) is 10.1. The molecule has 152 valence electrons. The van der Waals surface area contributed by atoms with Gasteiger partial charge < -0.3 is 10.3 Å². The Labute approximate surface area is 176 Å². The third-order valence-corrected chi connectivity index (χ3v) is 5.61. The Morgan fingerprint density at radius 1 is 1.03 bits per heavy atom. The van der Waals surface area contributed by atoms with Crippen LogP contribution in [0.4, 0.5) is 4.39 Å². The van der Waals surface area contributed by atoms with Gasteiger partial charge in [0.2, 0.25) is 0 Å². The minimum atomic E-state index is -0.332. The predicted molar refractivity (Wildman–Crippen MR) is 118 cm³/mol. The number of aromatic amines is 2. The van der Waals surface area contributed by atoms with Crippen molar-refractivity contribution in [1.29, 1.82) is 0 Å². The lowest BCUT2D eigenvalue weighted by atomic mass is 10.0. The fourth-order valence-corrected chi connectivity index (χ4v) is 4.04. The van der Waals surface area contributed by atoms with Crippen LogP contribution < -0.4 is 5.32 Å². The summed E-state index contributed by atoms with van der Waals surface area (Å²) in [5.74, 6) is 0.256. The second-order valence-electron chi connectivity index (χ2n) is 7.50. The number of H-pyrrole nitrogens is 2. The number of fused-ring (bicyclic) bond motifs is 2. The summed E-state index contributed by atoms with van der Waals surface area (Å²) in [5.41, 5.74) is 6.01. The molecule has 6 rings (SSSR count). The smallest absolute Gasteiger partial charge is 0.159 e. The fourth-order valence-electron chi connectivity index (χ4n) is 4.04. The first-order valence-electron chi connectivity index (χ1n) is 10.1. The highest BCUT2D eigenvalue weighted by Gasteiger charge is 2.18. The highest BCUT2D eigenvalue weighted by Crippen LogP contribution is 2.32. The first-order chi connectivity index (χ1) is 15.3. The maximum atomic E-state index is 14.4. The van der Waals surface area contributed by atoms with Crippen molar-refractivity contribution in [2.24, 2.45) is 0 Å². The molecule has 4 aromatic heterocycles. The average molecular weight is 411 g/mol. The largest absolute Gasteiger partial charge is 0.336 e. The van der Waals surface area contributed by atoms with Gasteiger partial charge in [0.15, 0.2) is 11.5 Å². The van der Waals surface area contributed by atoms with Crippen LogP contribution in [0.15, 0.2) is 54.9 Å². The second-order valence-corrected chi connectivity index (χ2v) is 7.50. The SMILES string of the molecule is Fc1ccccc1-c1nccc2[nH]c(-c3n[nH]c4ncc(C5=CCNCC5)cc34)nc12. The standard InChI is InChI=1S/C23H18FN7/c24-17-4-2-1-3-15(17)19-21-18(7-10-26-19)28-23(29-21)20-16-11-14(12-27-22(16)31-30-20)13-5-8-25-9-6-13/h1-5,7,10-12,25H,6,8-9H2,(H,28,29)(H,27,30,31). The Morgan fingerprint density at radius 2 is 1.97 bits per heavy atom. The molecule has 5 heterocycles. The zero-order valence-electron chi connectivity index (χ0n) is 16.5. The van der Waals surface area contributed by atoms with Gasteiger partial charge in [-0.2, -0.15) is 5.10 Å². The molecular formula is C23H18FN7. The summed E-state index contributed by atoms with van der Waals surface area (Å²) in [7, 11) is 0. The van der Waals surface area contributed by atoms with E-state index in [1.54, 1.807) is 24.4 Å². The van der Waals surface area contributed by atoms with Crippen LogP contribution in [0, 0.1) is 5.82 Å². The van der Waals surface area contributed by atoms with E-state index in [4.69, 9.17) is 4.98 Å². The molecule has 7 nitrogen and oxygen atoms in total. The number of nitrogens with zero attached hydrogens (tertiary/aromatic N) is 4. The quantitative estimate of drug-likeness (QED) is 0.416. The summed E-state index contributed by atoms with van der Waals surface area (Å²) in [4.78, 5) is 17.0. The molecule has 0 bridgehead atoms. The molecule has 0 radical (unpaired) electrons. The Balaban J connectivity index is 1.50. The summed E-state index contributed by atoms with van der Waals surface area (Å²) < 4.78 is 14.4. The van der Waals surface area contributed by atoms with Crippen molar-refractivity contribution in [3.05, 3.63) is 66.2 Å². The molecule has 0 aliphatic carbocycles. The Kier molecular flexibility index (Phi) is 4.10. The molecule has 0 atom stereocenters. The normalized spacial score (nSPS) is 14.3. The van der Waals surface area contributed by atoms with Crippen molar-refractivity contribution in [3.8, 4) is 22.8 Å². The van der Waals surface area contributed by atoms with Gasteiger partial charge in [0.25, 0.3) is 0 Å². The average Bonchev–Trinajstić information content (AvgIpc) is 3.43. The number of benzene rings is 1. The van der Waals surface area contributed by atoms with Crippen molar-refractivity contribution < 1.29 is 4.39 Å². The molecule has 1 aliphatic heterocycles. The van der Waals surface area contributed by atoms with Crippen LogP contribution in [0.5, 0.6) is 0 Å². The number of pyridine rings is 2. The van der Waals surface area contributed by atoms with E-state index >= 15 is 0 Å². The molecule has 0 amide bonds. The van der Waals surface area contributed by atoms with Gasteiger partial charge in [-0.15, -0.1) is 0 Å². The molecule has 0 saturated heterocycles. The van der Waals surface area contributed by atoms with Crippen molar-refractivity contribution in [1.82, 2.24) is 35.5 Å². The molecule has 1 aromatic carbocycles. The maximum Gasteiger partial charge on any atom is 0.159 e. The van der Waals surface area contributed by atoms with Gasteiger partial charge in [-0.25, -0.2) is 14.4 Å². The molecule has 3 N–H and O–H groups in total. The monoisotopic (exact) mass is 411 g/mol. The van der Waals surface area contributed by atoms with Crippen LogP contribution >= 0.6 is 0 Å². The lowest BCUT2D eigenvalue weighted by molar-refractivity contribution is 0.631. The summed E-state index contributed by atoms with van der Waals surface area (Å²) >= 11 is 0. The zero-order chi connectivity index (χ0) is 20.8. The van der Waals surface area contributed by atoms with E-state index in [1.165, 1.54) is 11.6 Å². The molecule has 31 heavy (non-hydrogen) atoms. The number of nitrogens with one attached hydrogen (secondary N) is 3. The minimum Gasteiger partial charge on any atom is -0.336 e. The second kappa shape index (κ2) is 7.10. The van der Waals surface area contributed by atoms with Crippen molar-refractivity contribution in [2.75, 3.05) is 13.1 Å². The molecular weight excluding hydrogens is 393 g/mol. The third-order valence-electron chi connectivity index (χ3n) is 5.61. The summed E-state index contributed by atoms with van der Waals surface area (Å²) in [6.07, 6.45) is 6.68. The number of hydrogen-bond acceptors (Lipinski definition) is 5. The van der Waals surface area contributed by atoms with E-state index in [0.29, 0.717) is 33.9 Å². The summed E-state index contributed by atoms with van der Waals surface area (Å²) in [6, 6.07) is 10.5. The molecule has 0 fully saturated rings. The number of aromatic nitrogens is 6. The number of hydrogen-bond donors (Lipinski definition) is 3. The third kappa shape index (κ3) is 3.00. The minimum absolute atomic E-state index is 0.332. The van der Waals surface area contributed by atoms with E-state index in [9.17, 15) is 4.39 Å². The lowest BCUT2D eigenvalue weighted by Gasteiger charge is -2.13. The van der Waals surface area contributed by atoms with E-state index in [-0.39, 0.29) is 5.82 Å². The van der Waals surface area contributed by atoms with Gasteiger partial charge in [0.05, 0.1) is 10.9 Å². The maximum absolute atomic E-state index is 14.4. The van der Waals surface area contributed by atoms with Crippen LogP contribution in [0.3, 0.4) is 0 Å². The fraction of sp³-hybridized carbons (Fsp3) is 0.130. The van der Waals surface area contributed by atoms with Crippen molar-refractivity contribution in [2.45, 2.75) is 6.42 Å². The Bertz CT molecular complexity index is 1460. The number of rotatable bonds is 3. The van der Waals surface area contributed by atoms with Gasteiger partial charge in [-0.05, 0) is 48.4 Å². The molecule has 8 heteroatoms. The van der Waals surface area contributed by atoms with Crippen molar-refractivity contribution in [3.63, 3.8) is 0 Å². The summed E-state index contributed by atoms with van der Waals surface area (Å²) in [5, 5.41) is 11.7. The van der Waals surface area contributed by atoms with E-state index < -0.39 is 0 Å². The lowest BCUT2D eigenvalue weighted by Crippen LogP contribution is -2.20. The van der Waals surface area contributed by atoms with Gasteiger partial charge in [-0.3, -0.25) is 10.1 Å². The Hall–Kier alpha value is -3.91. The van der Waals surface area contributed by atoms with Crippen molar-refractivity contribution >= 4 is 27.6 Å². The van der Waals surface area contributed by atoms with Gasteiger partial charge >= 0.3 is 0 Å². The van der Waals surface area contributed by atoms with E-state index in [1.807, 2.05) is 12.3 Å². The Morgan fingerprint density at radius 3 is 2.84 bits per heavy atom. The number of halogens is 1. The first kappa shape index (κ1) is 17.9. The van der Waals surface area contributed by atoms with Crippen LogP contribution in [0.25, 0.3) is 50.4 Å². The van der Waals surface area contributed by atoms with Gasteiger partial charge in [0, 0.05) is 24.5 Å². The highest BCUT2D eigenvalue weighted by atomic mass is 19.1. The predicted octanol–water partition coefficient (Wildman–Crippen LogP) is 4.08. The van der Waals surface area contributed by atoms with Gasteiger partial charge in [-0.1, -0.05) is 18.2 Å². The highest BCUT2D eigenvalue weighted by molar-refractivity contribution is 5.95. The topological polar surface area (TPSA) is 95.2 Å². The van der Waals surface area contributed by atoms with Crippen LogP contribution in [-0.4, -0.2) is 43.2 Å². The van der Waals surface area contributed by atoms with Crippen LogP contribution in [0.2, 0.25) is 0 Å². The molecule has 0 unspecified atom stereocenters. The summed E-state index contributed by atoms with van der Waals surface area (Å²) in [6.45, 7) is 1.82. The van der Waals surface area contributed by atoms with Crippen LogP contribution in [-0.2, 0) is 0 Å². The number of imidazole rings is 1.